The average molecular weight is 359 g/mol. The number of hydrogen-bond donors (Lipinski definition) is 1. The predicted molar refractivity (Wildman–Crippen MR) is 105 cm³/mol. The Bertz CT molecular complexity index is 933. The maximum Gasteiger partial charge on any atom is 0.165 e. The molecule has 2 saturated carbocycles. The first-order valence-electron chi connectivity index (χ1n) is 10.0. The Labute approximate surface area is 160 Å². The summed E-state index contributed by atoms with van der Waals surface area (Å²) >= 11 is 0. The van der Waals surface area contributed by atoms with Crippen LogP contribution < -0.4 is 0 Å². The summed E-state index contributed by atoms with van der Waals surface area (Å²) in [5.41, 5.74) is 4.49. The van der Waals surface area contributed by atoms with Gasteiger partial charge >= 0.3 is 0 Å². The van der Waals surface area contributed by atoms with Gasteiger partial charge in [-0.25, -0.2) is 0 Å². The maximum absolute atomic E-state index is 13.3. The lowest BCUT2D eigenvalue weighted by molar-refractivity contribution is -0.127. The number of aromatic hydroxyl groups is 1. The zero-order valence-electron chi connectivity index (χ0n) is 15.7. The third-order valence-corrected chi connectivity index (χ3v) is 7.38. The summed E-state index contributed by atoms with van der Waals surface area (Å²) in [5.74, 6) is 2.23. The van der Waals surface area contributed by atoms with E-state index in [1.807, 2.05) is 30.5 Å². The lowest BCUT2D eigenvalue weighted by atomic mass is 9.55. The quantitative estimate of drug-likeness (QED) is 0.736. The molecule has 3 heteroatoms. The number of phenolic OH excluding ortho intramolecular Hbond substituents is 1. The number of phenols is 1. The highest BCUT2D eigenvalue weighted by Crippen LogP contribution is 2.60. The van der Waals surface area contributed by atoms with E-state index in [1.165, 1.54) is 11.1 Å². The molecule has 0 radical (unpaired) electrons. The largest absolute Gasteiger partial charge is 0.508 e. The van der Waals surface area contributed by atoms with E-state index in [-0.39, 0.29) is 5.41 Å². The van der Waals surface area contributed by atoms with Gasteiger partial charge in [0.2, 0.25) is 0 Å². The zero-order chi connectivity index (χ0) is 18.6. The van der Waals surface area contributed by atoms with Gasteiger partial charge in [-0.05, 0) is 96.4 Å². The molecule has 0 spiro atoms. The minimum absolute atomic E-state index is 0.219. The molecule has 0 amide bonds. The Morgan fingerprint density at radius 1 is 1.26 bits per heavy atom. The van der Waals surface area contributed by atoms with Crippen molar-refractivity contribution >= 4 is 11.9 Å². The van der Waals surface area contributed by atoms with Crippen LogP contribution in [0.15, 0.2) is 48.3 Å². The molecule has 3 aliphatic rings. The second kappa shape index (κ2) is 6.05. The first kappa shape index (κ1) is 16.7. The molecule has 1 aromatic heterocycles. The summed E-state index contributed by atoms with van der Waals surface area (Å²) < 4.78 is 0. The second-order valence-corrected chi connectivity index (χ2v) is 8.74. The highest BCUT2D eigenvalue weighted by molar-refractivity contribution is 6.05. The van der Waals surface area contributed by atoms with Crippen LogP contribution in [0.1, 0.15) is 55.2 Å². The van der Waals surface area contributed by atoms with Gasteiger partial charge in [-0.3, -0.25) is 9.78 Å². The molecule has 1 N–H and O–H groups in total. The number of Topliss-reactive ketones (excluding diaryl/α,β-unsaturated/α-hetero) is 1. The van der Waals surface area contributed by atoms with Crippen LogP contribution >= 0.6 is 0 Å². The van der Waals surface area contributed by atoms with Crippen LogP contribution in [0.2, 0.25) is 0 Å². The molecule has 4 unspecified atom stereocenters. The van der Waals surface area contributed by atoms with Crippen molar-refractivity contribution in [2.45, 2.75) is 44.9 Å². The molecule has 138 valence electrons. The normalized spacial score (nSPS) is 33.4. The van der Waals surface area contributed by atoms with Gasteiger partial charge in [0.15, 0.2) is 5.78 Å². The number of carbonyl (C=O) groups is 1. The van der Waals surface area contributed by atoms with Gasteiger partial charge in [-0.2, -0.15) is 0 Å². The summed E-state index contributed by atoms with van der Waals surface area (Å²) in [7, 11) is 0. The van der Waals surface area contributed by atoms with Crippen molar-refractivity contribution in [2.75, 3.05) is 0 Å². The molecule has 1 heterocycles. The van der Waals surface area contributed by atoms with Crippen molar-refractivity contribution in [2.24, 2.45) is 17.3 Å². The Kier molecular flexibility index (Phi) is 3.75. The minimum atomic E-state index is -0.219. The van der Waals surface area contributed by atoms with E-state index in [4.69, 9.17) is 0 Å². The predicted octanol–water partition coefficient (Wildman–Crippen LogP) is 4.91. The molecule has 5 rings (SSSR count). The van der Waals surface area contributed by atoms with E-state index in [0.29, 0.717) is 29.3 Å². The van der Waals surface area contributed by atoms with Gasteiger partial charge in [0.1, 0.15) is 5.75 Å². The second-order valence-electron chi connectivity index (χ2n) is 8.74. The fourth-order valence-corrected chi connectivity index (χ4v) is 6.03. The number of aryl methyl sites for hydroxylation is 1. The third kappa shape index (κ3) is 2.55. The summed E-state index contributed by atoms with van der Waals surface area (Å²) in [6.07, 6.45) is 10.7. The number of carbonyl (C=O) groups excluding carboxylic acids is 1. The third-order valence-electron chi connectivity index (χ3n) is 7.38. The lowest BCUT2D eigenvalue weighted by Crippen LogP contribution is -2.42. The molecule has 27 heavy (non-hydrogen) atoms. The van der Waals surface area contributed by atoms with E-state index in [9.17, 15) is 9.90 Å². The van der Waals surface area contributed by atoms with Gasteiger partial charge in [0.25, 0.3) is 0 Å². The lowest BCUT2D eigenvalue weighted by Gasteiger charge is -2.48. The SMILES string of the molecule is CC12CCC3c4ccc(O)cc4CCC3C1C/C(=C\c1cccnc1)C2=O. The molecule has 0 aliphatic heterocycles. The number of ketones is 1. The Balaban J connectivity index is 1.50. The van der Waals surface area contributed by atoms with Crippen LogP contribution in [0.5, 0.6) is 5.75 Å². The fourth-order valence-electron chi connectivity index (χ4n) is 6.03. The Hall–Kier alpha value is -2.42. The number of fused-ring (bicyclic) bond motifs is 5. The number of aromatic nitrogens is 1. The van der Waals surface area contributed by atoms with Gasteiger partial charge in [0.05, 0.1) is 0 Å². The van der Waals surface area contributed by atoms with Gasteiger partial charge in [-0.1, -0.05) is 19.1 Å². The summed E-state index contributed by atoms with van der Waals surface area (Å²) in [5, 5.41) is 9.83. The molecule has 4 atom stereocenters. The number of hydrogen-bond acceptors (Lipinski definition) is 3. The van der Waals surface area contributed by atoms with Crippen molar-refractivity contribution < 1.29 is 9.90 Å². The van der Waals surface area contributed by atoms with Crippen LogP contribution in [0.3, 0.4) is 0 Å². The van der Waals surface area contributed by atoms with E-state index >= 15 is 0 Å². The summed E-state index contributed by atoms with van der Waals surface area (Å²) in [6.45, 7) is 2.20. The first-order valence-corrected chi connectivity index (χ1v) is 10.0. The number of pyridine rings is 1. The summed E-state index contributed by atoms with van der Waals surface area (Å²) in [4.78, 5) is 17.5. The monoisotopic (exact) mass is 359 g/mol. The molecule has 1 aromatic carbocycles. The minimum Gasteiger partial charge on any atom is -0.508 e. The van der Waals surface area contributed by atoms with Crippen molar-refractivity contribution in [1.29, 1.82) is 0 Å². The van der Waals surface area contributed by atoms with Crippen molar-refractivity contribution in [1.82, 2.24) is 4.98 Å². The maximum atomic E-state index is 13.3. The van der Waals surface area contributed by atoms with Crippen LogP contribution in [0.25, 0.3) is 6.08 Å². The fraction of sp³-hybridized carbons (Fsp3) is 0.417. The van der Waals surface area contributed by atoms with E-state index in [1.54, 1.807) is 6.20 Å². The molecule has 2 aromatic rings. The highest BCUT2D eigenvalue weighted by atomic mass is 16.3. The highest BCUT2D eigenvalue weighted by Gasteiger charge is 2.56. The molecule has 0 saturated heterocycles. The smallest absolute Gasteiger partial charge is 0.165 e. The molecule has 3 aliphatic carbocycles. The molecule has 0 bridgehead atoms. The van der Waals surface area contributed by atoms with Crippen LogP contribution in [-0.4, -0.2) is 15.9 Å². The van der Waals surface area contributed by atoms with Crippen LogP contribution in [0.4, 0.5) is 0 Å². The number of rotatable bonds is 1. The van der Waals surface area contributed by atoms with Crippen molar-refractivity contribution in [3.05, 3.63) is 65.0 Å². The molecule has 2 fully saturated rings. The first-order chi connectivity index (χ1) is 13.1. The van der Waals surface area contributed by atoms with Crippen molar-refractivity contribution in [3.8, 4) is 5.75 Å². The van der Waals surface area contributed by atoms with Crippen LogP contribution in [-0.2, 0) is 11.2 Å². The van der Waals surface area contributed by atoms with Gasteiger partial charge in [-0.15, -0.1) is 0 Å². The Morgan fingerprint density at radius 3 is 2.96 bits per heavy atom. The van der Waals surface area contributed by atoms with Gasteiger partial charge in [0, 0.05) is 17.8 Å². The summed E-state index contributed by atoms with van der Waals surface area (Å²) in [6, 6.07) is 9.82. The van der Waals surface area contributed by atoms with Crippen LogP contribution in [0, 0.1) is 17.3 Å². The molecule has 3 nitrogen and oxygen atoms in total. The van der Waals surface area contributed by atoms with E-state index in [2.05, 4.69) is 24.1 Å². The van der Waals surface area contributed by atoms with Crippen molar-refractivity contribution in [3.63, 3.8) is 0 Å². The number of nitrogens with zero attached hydrogens (tertiary/aromatic N) is 1. The zero-order valence-corrected chi connectivity index (χ0v) is 15.7. The standard InChI is InChI=1S/C24H25NO2/c1-24-9-8-20-19-7-5-18(26)12-16(19)4-6-21(20)22(24)13-17(23(24)27)11-15-3-2-10-25-14-15/h2-3,5,7,10-12,14,20-22,26H,4,6,8-9,13H2,1H3/b17-11+. The number of allylic oxidation sites excluding steroid dienone is 1. The molecular formula is C24H25NO2. The Morgan fingerprint density at radius 2 is 2.15 bits per heavy atom. The van der Waals surface area contributed by atoms with E-state index < -0.39 is 0 Å². The topological polar surface area (TPSA) is 50.2 Å². The number of benzene rings is 1. The average Bonchev–Trinajstić information content (AvgIpc) is 2.93. The van der Waals surface area contributed by atoms with Gasteiger partial charge < -0.3 is 5.11 Å². The molecular weight excluding hydrogens is 334 g/mol. The van der Waals surface area contributed by atoms with E-state index in [0.717, 1.165) is 43.2 Å².